The molecule has 8 heteroatoms. The molecule has 2 aliphatic heterocycles. The molecule has 2 fully saturated rings. The number of rotatable bonds is 6. The molecule has 0 aliphatic carbocycles. The second kappa shape index (κ2) is 9.66. The van der Waals surface area contributed by atoms with Gasteiger partial charge in [-0.15, -0.1) is 13.2 Å². The van der Waals surface area contributed by atoms with E-state index < -0.39 is 35.2 Å². The lowest BCUT2D eigenvalue weighted by molar-refractivity contribution is -0.160. The first-order valence-electron chi connectivity index (χ1n) is 10.6. The molecule has 0 saturated carbocycles. The summed E-state index contributed by atoms with van der Waals surface area (Å²) in [6, 6.07) is -1.63. The van der Waals surface area contributed by atoms with Gasteiger partial charge in [-0.3, -0.25) is 9.59 Å². The average molecular weight is 435 g/mol. The number of Topliss-reactive ketones (excluding diaryl/α,β-unsaturated/α-hetero) is 1. The lowest BCUT2D eigenvalue weighted by Gasteiger charge is -2.42. The van der Waals surface area contributed by atoms with Gasteiger partial charge in [-0.2, -0.15) is 0 Å². The maximum absolute atomic E-state index is 13.2. The van der Waals surface area contributed by atoms with Gasteiger partial charge in [0.25, 0.3) is 0 Å². The van der Waals surface area contributed by atoms with Crippen molar-refractivity contribution in [2.75, 3.05) is 20.2 Å². The SMILES string of the molecule is C=CCCCC(=O)N1[C@@H](C(=O)OC)[C@@]2(C[C@@H]1C=C)CN(C(=O)OC(C)(C)C)CCC2=O. The van der Waals surface area contributed by atoms with Crippen LogP contribution >= 0.6 is 0 Å². The standard InChI is InChI=1S/C23H34N2O6/c1-7-9-10-11-18(27)25-16(8-2)14-23(19(25)20(28)30-6)15-24(13-12-17(23)26)21(29)31-22(3,4)5/h7-8,16,19H,1-2,9-15H2,3-6H3/t16-,19-,23-/m0/s1. The molecule has 172 valence electrons. The van der Waals surface area contributed by atoms with Crippen LogP contribution in [0.25, 0.3) is 0 Å². The molecule has 1 spiro atoms. The minimum atomic E-state index is -1.25. The summed E-state index contributed by atoms with van der Waals surface area (Å²) in [6.07, 6.45) is 4.51. The van der Waals surface area contributed by atoms with Crippen LogP contribution in [0.3, 0.4) is 0 Å². The van der Waals surface area contributed by atoms with Crippen LogP contribution in [0, 0.1) is 5.41 Å². The topological polar surface area (TPSA) is 93.2 Å². The summed E-state index contributed by atoms with van der Waals surface area (Å²) in [5, 5.41) is 0. The van der Waals surface area contributed by atoms with Crippen LogP contribution in [0.2, 0.25) is 0 Å². The monoisotopic (exact) mass is 434 g/mol. The van der Waals surface area contributed by atoms with Gasteiger partial charge in [-0.05, 0) is 40.0 Å². The van der Waals surface area contributed by atoms with Gasteiger partial charge in [-0.1, -0.05) is 12.2 Å². The van der Waals surface area contributed by atoms with Crippen molar-refractivity contribution in [2.45, 2.75) is 70.6 Å². The molecular weight excluding hydrogens is 400 g/mol. The highest BCUT2D eigenvalue weighted by molar-refractivity contribution is 5.97. The van der Waals surface area contributed by atoms with E-state index in [9.17, 15) is 19.2 Å². The summed E-state index contributed by atoms with van der Waals surface area (Å²) in [7, 11) is 1.23. The molecule has 2 saturated heterocycles. The van der Waals surface area contributed by atoms with Gasteiger partial charge in [0.1, 0.15) is 17.4 Å². The Morgan fingerprint density at radius 2 is 1.94 bits per heavy atom. The van der Waals surface area contributed by atoms with Crippen molar-refractivity contribution in [3.8, 4) is 0 Å². The summed E-state index contributed by atoms with van der Waals surface area (Å²) >= 11 is 0. The summed E-state index contributed by atoms with van der Waals surface area (Å²) in [5.74, 6) is -1.07. The third kappa shape index (κ3) is 5.17. The Labute approximate surface area is 184 Å². The van der Waals surface area contributed by atoms with Gasteiger partial charge in [0.15, 0.2) is 0 Å². The zero-order chi connectivity index (χ0) is 23.4. The van der Waals surface area contributed by atoms with E-state index in [0.29, 0.717) is 12.8 Å². The first kappa shape index (κ1) is 24.6. The minimum absolute atomic E-state index is 0.0126. The Balaban J connectivity index is 2.42. The second-order valence-corrected chi connectivity index (χ2v) is 9.15. The quantitative estimate of drug-likeness (QED) is 0.363. The van der Waals surface area contributed by atoms with Crippen molar-refractivity contribution in [1.29, 1.82) is 0 Å². The first-order valence-corrected chi connectivity index (χ1v) is 10.6. The van der Waals surface area contributed by atoms with Crippen LogP contribution in [0.4, 0.5) is 4.79 Å². The molecule has 0 aromatic rings. The van der Waals surface area contributed by atoms with Crippen LogP contribution in [0.5, 0.6) is 0 Å². The van der Waals surface area contributed by atoms with Crippen LogP contribution in [-0.2, 0) is 23.9 Å². The van der Waals surface area contributed by atoms with Crippen LogP contribution < -0.4 is 0 Å². The molecule has 3 atom stereocenters. The van der Waals surface area contributed by atoms with Crippen molar-refractivity contribution in [2.24, 2.45) is 5.41 Å². The van der Waals surface area contributed by atoms with E-state index in [2.05, 4.69) is 13.2 Å². The Morgan fingerprint density at radius 1 is 1.26 bits per heavy atom. The normalized spacial score (nSPS) is 26.0. The number of ether oxygens (including phenoxy) is 2. The van der Waals surface area contributed by atoms with Crippen molar-refractivity contribution in [3.63, 3.8) is 0 Å². The Kier molecular flexibility index (Phi) is 7.68. The maximum atomic E-state index is 13.2. The zero-order valence-corrected chi connectivity index (χ0v) is 19.0. The molecule has 0 radical (unpaired) electrons. The zero-order valence-electron chi connectivity index (χ0n) is 19.0. The van der Waals surface area contributed by atoms with E-state index in [1.807, 2.05) is 0 Å². The number of piperidine rings is 1. The number of esters is 1. The summed E-state index contributed by atoms with van der Waals surface area (Å²) < 4.78 is 10.5. The van der Waals surface area contributed by atoms with E-state index in [1.165, 1.54) is 16.9 Å². The molecule has 31 heavy (non-hydrogen) atoms. The lowest BCUT2D eigenvalue weighted by atomic mass is 9.72. The highest BCUT2D eigenvalue weighted by Gasteiger charge is 2.62. The molecular formula is C23H34N2O6. The van der Waals surface area contributed by atoms with Crippen molar-refractivity contribution >= 4 is 23.8 Å². The summed E-state index contributed by atoms with van der Waals surface area (Å²) in [5.41, 5.74) is -1.95. The van der Waals surface area contributed by atoms with Gasteiger partial charge in [0.05, 0.1) is 18.6 Å². The number of carbonyl (C=O) groups excluding carboxylic acids is 4. The average Bonchev–Trinajstić information content (AvgIpc) is 3.03. The van der Waals surface area contributed by atoms with Gasteiger partial charge in [-0.25, -0.2) is 9.59 Å². The maximum Gasteiger partial charge on any atom is 0.410 e. The molecule has 0 bridgehead atoms. The van der Waals surface area contributed by atoms with E-state index in [0.717, 1.165) is 0 Å². The fourth-order valence-corrected chi connectivity index (χ4v) is 4.44. The van der Waals surface area contributed by atoms with Gasteiger partial charge >= 0.3 is 12.1 Å². The van der Waals surface area contributed by atoms with Gasteiger partial charge in [0.2, 0.25) is 5.91 Å². The van der Waals surface area contributed by atoms with Gasteiger partial charge < -0.3 is 19.3 Å². The third-order valence-corrected chi connectivity index (χ3v) is 5.80. The second-order valence-electron chi connectivity index (χ2n) is 9.15. The number of ketones is 1. The van der Waals surface area contributed by atoms with Crippen molar-refractivity contribution in [3.05, 3.63) is 25.3 Å². The number of hydrogen-bond donors (Lipinski definition) is 0. The number of likely N-dealkylation sites (tertiary alicyclic amines) is 2. The molecule has 2 rings (SSSR count). The largest absolute Gasteiger partial charge is 0.467 e. The molecule has 8 nitrogen and oxygen atoms in total. The molecule has 0 aromatic carbocycles. The number of amides is 2. The Morgan fingerprint density at radius 3 is 2.48 bits per heavy atom. The third-order valence-electron chi connectivity index (χ3n) is 5.80. The predicted molar refractivity (Wildman–Crippen MR) is 115 cm³/mol. The van der Waals surface area contributed by atoms with E-state index in [-0.39, 0.29) is 44.0 Å². The van der Waals surface area contributed by atoms with E-state index >= 15 is 0 Å². The molecule has 2 aliphatic rings. The van der Waals surface area contributed by atoms with Crippen LogP contribution in [-0.4, -0.2) is 71.4 Å². The highest BCUT2D eigenvalue weighted by atomic mass is 16.6. The fourth-order valence-electron chi connectivity index (χ4n) is 4.44. The first-order chi connectivity index (χ1) is 14.5. The van der Waals surface area contributed by atoms with Gasteiger partial charge in [0, 0.05) is 25.9 Å². The van der Waals surface area contributed by atoms with E-state index in [4.69, 9.17) is 9.47 Å². The molecule has 2 heterocycles. The lowest BCUT2D eigenvalue weighted by Crippen LogP contribution is -2.60. The fraction of sp³-hybridized carbons (Fsp3) is 0.652. The van der Waals surface area contributed by atoms with Crippen molar-refractivity contribution in [1.82, 2.24) is 9.80 Å². The number of carbonyl (C=O) groups is 4. The molecule has 0 unspecified atom stereocenters. The number of allylic oxidation sites excluding steroid dienone is 1. The number of methoxy groups -OCH3 is 1. The molecule has 0 aromatic heterocycles. The van der Waals surface area contributed by atoms with Crippen LogP contribution in [0.1, 0.15) is 52.9 Å². The molecule has 2 amide bonds. The highest BCUT2D eigenvalue weighted by Crippen LogP contribution is 2.46. The smallest absolute Gasteiger partial charge is 0.410 e. The van der Waals surface area contributed by atoms with E-state index in [1.54, 1.807) is 32.9 Å². The predicted octanol–water partition coefficient (Wildman–Crippen LogP) is 2.87. The van der Waals surface area contributed by atoms with Crippen molar-refractivity contribution < 1.29 is 28.7 Å². The number of hydrogen-bond acceptors (Lipinski definition) is 6. The summed E-state index contributed by atoms with van der Waals surface area (Å²) in [6.45, 7) is 13.0. The number of nitrogens with zero attached hydrogens (tertiary/aromatic N) is 2. The van der Waals surface area contributed by atoms with Crippen LogP contribution in [0.15, 0.2) is 25.3 Å². The molecule has 0 N–H and O–H groups in total. The summed E-state index contributed by atoms with van der Waals surface area (Å²) in [4.78, 5) is 54.8. The Bertz CT molecular complexity index is 756. The Hall–Kier alpha value is -2.64. The number of unbranched alkanes of at least 4 members (excludes halogenated alkanes) is 1. The minimum Gasteiger partial charge on any atom is -0.467 e.